The Morgan fingerprint density at radius 2 is 1.89 bits per heavy atom. The molecule has 2 aromatic carbocycles. The smallest absolute Gasteiger partial charge is 0.273 e. The summed E-state index contributed by atoms with van der Waals surface area (Å²) < 4.78 is 19.1. The van der Waals surface area contributed by atoms with Crippen LogP contribution in [-0.2, 0) is 12.8 Å². The molecule has 0 spiro atoms. The van der Waals surface area contributed by atoms with Crippen molar-refractivity contribution < 1.29 is 13.6 Å². The SMILES string of the molecule is Cc1ccc(-c2ccc3nc(CCNCCc4nc(C(=O)NCC5=C(F)CCC=N5)co4)[nH]c3c2)cc1. The summed E-state index contributed by atoms with van der Waals surface area (Å²) in [7, 11) is 0. The number of aromatic nitrogens is 3. The normalized spacial score (nSPS) is 13.5. The number of rotatable bonds is 10. The summed E-state index contributed by atoms with van der Waals surface area (Å²) in [5, 5.41) is 5.99. The highest BCUT2D eigenvalue weighted by atomic mass is 19.1. The van der Waals surface area contributed by atoms with Crippen LogP contribution in [0.5, 0.6) is 0 Å². The number of carbonyl (C=O) groups excluding carboxylic acids is 1. The maximum atomic E-state index is 13.7. The molecular formula is C28H29FN6O2. The second kappa shape index (κ2) is 11.3. The largest absolute Gasteiger partial charge is 0.448 e. The zero-order chi connectivity index (χ0) is 25.6. The third kappa shape index (κ3) is 6.18. The molecule has 0 radical (unpaired) electrons. The van der Waals surface area contributed by atoms with Crippen LogP contribution in [0.2, 0.25) is 0 Å². The summed E-state index contributed by atoms with van der Waals surface area (Å²) in [5.74, 6) is 0.683. The van der Waals surface area contributed by atoms with Crippen LogP contribution in [0, 0.1) is 6.92 Å². The van der Waals surface area contributed by atoms with Crippen molar-refractivity contribution in [3.8, 4) is 11.1 Å². The van der Waals surface area contributed by atoms with Crippen molar-refractivity contribution in [1.29, 1.82) is 0 Å². The molecule has 0 atom stereocenters. The third-order valence-corrected chi connectivity index (χ3v) is 6.22. The van der Waals surface area contributed by atoms with Crippen LogP contribution >= 0.6 is 0 Å². The van der Waals surface area contributed by atoms with Crippen molar-refractivity contribution in [2.75, 3.05) is 19.6 Å². The Hall–Kier alpha value is -4.11. The number of benzene rings is 2. The first-order chi connectivity index (χ1) is 18.0. The minimum absolute atomic E-state index is 0.0277. The van der Waals surface area contributed by atoms with Crippen molar-refractivity contribution in [2.45, 2.75) is 32.6 Å². The van der Waals surface area contributed by atoms with Crippen molar-refractivity contribution in [1.82, 2.24) is 25.6 Å². The Kier molecular flexibility index (Phi) is 7.51. The van der Waals surface area contributed by atoms with Crippen LogP contribution in [0.25, 0.3) is 22.2 Å². The monoisotopic (exact) mass is 500 g/mol. The number of H-pyrrole nitrogens is 1. The number of nitrogens with zero attached hydrogens (tertiary/aromatic N) is 3. The van der Waals surface area contributed by atoms with Gasteiger partial charge in [0.2, 0.25) is 0 Å². The summed E-state index contributed by atoms with van der Waals surface area (Å²) in [6.45, 7) is 3.49. The van der Waals surface area contributed by atoms with E-state index in [4.69, 9.17) is 4.42 Å². The quantitative estimate of drug-likeness (QED) is 0.274. The fourth-order valence-corrected chi connectivity index (χ4v) is 4.14. The zero-order valence-corrected chi connectivity index (χ0v) is 20.7. The zero-order valence-electron chi connectivity index (χ0n) is 20.7. The Labute approximate surface area is 214 Å². The summed E-state index contributed by atoms with van der Waals surface area (Å²) in [4.78, 5) is 28.6. The molecule has 8 nitrogen and oxygen atoms in total. The lowest BCUT2D eigenvalue weighted by molar-refractivity contribution is 0.0951. The van der Waals surface area contributed by atoms with Crippen LogP contribution in [-0.4, -0.2) is 46.7 Å². The summed E-state index contributed by atoms with van der Waals surface area (Å²) in [6.07, 6.45) is 5.17. The Bertz CT molecular complexity index is 1450. The van der Waals surface area contributed by atoms with Crippen LogP contribution < -0.4 is 10.6 Å². The van der Waals surface area contributed by atoms with Gasteiger partial charge in [-0.1, -0.05) is 35.9 Å². The lowest BCUT2D eigenvalue weighted by atomic mass is 10.0. The van der Waals surface area contributed by atoms with Crippen LogP contribution in [0.15, 0.2) is 69.7 Å². The van der Waals surface area contributed by atoms with E-state index in [0.29, 0.717) is 31.7 Å². The second-order valence-corrected chi connectivity index (χ2v) is 9.04. The molecule has 190 valence electrons. The fraction of sp³-hybridized carbons (Fsp3) is 0.286. The fourth-order valence-electron chi connectivity index (χ4n) is 4.14. The number of aromatic amines is 1. The van der Waals surface area contributed by atoms with E-state index < -0.39 is 5.91 Å². The second-order valence-electron chi connectivity index (χ2n) is 9.04. The number of oxazole rings is 1. The summed E-state index contributed by atoms with van der Waals surface area (Å²) in [6, 6.07) is 14.8. The first-order valence-corrected chi connectivity index (χ1v) is 12.4. The number of imidazole rings is 1. The topological polar surface area (TPSA) is 108 Å². The molecule has 4 aromatic rings. The van der Waals surface area contributed by atoms with Crippen molar-refractivity contribution >= 4 is 23.2 Å². The van der Waals surface area contributed by atoms with Gasteiger partial charge in [-0.05, 0) is 36.6 Å². The van der Waals surface area contributed by atoms with Crippen molar-refractivity contribution in [3.63, 3.8) is 0 Å². The van der Waals surface area contributed by atoms with Gasteiger partial charge in [-0.25, -0.2) is 14.4 Å². The van der Waals surface area contributed by atoms with Gasteiger partial charge in [0.15, 0.2) is 11.6 Å². The molecule has 5 rings (SSSR count). The van der Waals surface area contributed by atoms with Gasteiger partial charge < -0.3 is 20.0 Å². The molecule has 9 heteroatoms. The van der Waals surface area contributed by atoms with Gasteiger partial charge >= 0.3 is 0 Å². The molecule has 0 saturated heterocycles. The molecule has 1 aliphatic rings. The van der Waals surface area contributed by atoms with Gasteiger partial charge in [-0.2, -0.15) is 0 Å². The number of carbonyl (C=O) groups is 1. The molecule has 3 heterocycles. The number of fused-ring (bicyclic) bond motifs is 1. The van der Waals surface area contributed by atoms with Gasteiger partial charge in [0, 0.05) is 38.6 Å². The molecule has 1 aliphatic heterocycles. The number of aliphatic imine (C=N–C) groups is 1. The van der Waals surface area contributed by atoms with Crippen LogP contribution in [0.1, 0.15) is 40.6 Å². The minimum atomic E-state index is -0.417. The Morgan fingerprint density at radius 3 is 2.73 bits per heavy atom. The lowest BCUT2D eigenvalue weighted by Crippen LogP contribution is -2.26. The van der Waals surface area contributed by atoms with E-state index in [0.717, 1.165) is 35.4 Å². The van der Waals surface area contributed by atoms with Gasteiger partial charge in [-0.15, -0.1) is 0 Å². The van der Waals surface area contributed by atoms with Gasteiger partial charge in [0.05, 0.1) is 23.3 Å². The molecule has 0 saturated carbocycles. The van der Waals surface area contributed by atoms with Gasteiger partial charge in [0.1, 0.15) is 17.9 Å². The summed E-state index contributed by atoms with van der Waals surface area (Å²) >= 11 is 0. The van der Waals surface area contributed by atoms with Crippen LogP contribution in [0.4, 0.5) is 4.39 Å². The molecule has 0 bridgehead atoms. The predicted octanol–water partition coefficient (Wildman–Crippen LogP) is 4.68. The van der Waals surface area contributed by atoms with Gasteiger partial charge in [0.25, 0.3) is 5.91 Å². The first kappa shape index (κ1) is 24.6. The van der Waals surface area contributed by atoms with E-state index in [9.17, 15) is 9.18 Å². The molecule has 3 N–H and O–H groups in total. The molecule has 37 heavy (non-hydrogen) atoms. The van der Waals surface area contributed by atoms with E-state index in [1.165, 1.54) is 17.4 Å². The maximum Gasteiger partial charge on any atom is 0.273 e. The Morgan fingerprint density at radius 1 is 1.08 bits per heavy atom. The molecule has 2 aromatic heterocycles. The predicted molar refractivity (Wildman–Crippen MR) is 141 cm³/mol. The molecule has 1 amide bonds. The average molecular weight is 501 g/mol. The minimum Gasteiger partial charge on any atom is -0.448 e. The third-order valence-electron chi connectivity index (χ3n) is 6.22. The highest BCUT2D eigenvalue weighted by Crippen LogP contribution is 2.24. The first-order valence-electron chi connectivity index (χ1n) is 12.4. The summed E-state index contributed by atoms with van der Waals surface area (Å²) in [5.41, 5.74) is 5.98. The number of amides is 1. The number of aryl methyl sites for hydroxylation is 1. The maximum absolute atomic E-state index is 13.7. The average Bonchev–Trinajstić information content (AvgIpc) is 3.55. The molecule has 0 aliphatic carbocycles. The number of nitrogens with one attached hydrogen (secondary N) is 3. The van der Waals surface area contributed by atoms with E-state index in [2.05, 4.69) is 73.9 Å². The number of halogens is 1. The van der Waals surface area contributed by atoms with E-state index in [-0.39, 0.29) is 23.8 Å². The highest BCUT2D eigenvalue weighted by Gasteiger charge is 2.15. The Balaban J connectivity index is 1.06. The number of hydrogen-bond acceptors (Lipinski definition) is 6. The molecule has 0 unspecified atom stereocenters. The highest BCUT2D eigenvalue weighted by molar-refractivity contribution is 5.92. The van der Waals surface area contributed by atoms with Gasteiger partial charge in [-0.3, -0.25) is 9.79 Å². The number of hydrogen-bond donors (Lipinski definition) is 3. The van der Waals surface area contributed by atoms with E-state index >= 15 is 0 Å². The molecule has 0 fully saturated rings. The lowest BCUT2D eigenvalue weighted by Gasteiger charge is -2.09. The number of allylic oxidation sites excluding steroid dienone is 1. The molecular weight excluding hydrogens is 471 g/mol. The van der Waals surface area contributed by atoms with E-state index in [1.807, 2.05) is 6.07 Å². The van der Waals surface area contributed by atoms with Crippen molar-refractivity contribution in [2.24, 2.45) is 4.99 Å². The standard InChI is InChI=1S/C28H29FN6O2/c1-18-4-6-19(7-5-18)20-8-9-22-23(15-20)34-26(33-22)10-13-30-14-11-27-35-25(17-37-27)28(36)32-16-24-21(29)3-2-12-31-24/h4-9,12,15,17,30H,2-3,10-11,13-14,16H2,1H3,(H,32,36)(H,33,34). The van der Waals surface area contributed by atoms with Crippen molar-refractivity contribution in [3.05, 3.63) is 83.2 Å². The van der Waals surface area contributed by atoms with Crippen LogP contribution in [0.3, 0.4) is 0 Å². The van der Waals surface area contributed by atoms with E-state index in [1.54, 1.807) is 6.21 Å².